The van der Waals surface area contributed by atoms with E-state index in [9.17, 15) is 17.6 Å². The predicted octanol–water partition coefficient (Wildman–Crippen LogP) is 2.44. The molecule has 1 N–H and O–H groups in total. The molecule has 0 bridgehead atoms. The van der Waals surface area contributed by atoms with Crippen LogP contribution in [0.4, 0.5) is 10.1 Å². The first kappa shape index (κ1) is 19.6. The second-order valence-electron chi connectivity index (χ2n) is 5.80. The number of nitrogens with zero attached hydrogens (tertiary/aromatic N) is 2. The van der Waals surface area contributed by atoms with Gasteiger partial charge in [0.1, 0.15) is 12.4 Å². The molecule has 0 fully saturated rings. The number of para-hydroxylation sites is 1. The van der Waals surface area contributed by atoms with Crippen molar-refractivity contribution >= 4 is 27.3 Å². The second kappa shape index (κ2) is 8.09. The Morgan fingerprint density at radius 1 is 1.15 bits per heavy atom. The Labute approximate surface area is 152 Å². The molecule has 0 radical (unpaired) electrons. The van der Waals surface area contributed by atoms with Crippen LogP contribution in [0, 0.1) is 12.7 Å². The molecule has 0 saturated heterocycles. The summed E-state index contributed by atoms with van der Waals surface area (Å²) in [4.78, 5) is 12.2. The van der Waals surface area contributed by atoms with E-state index in [0.29, 0.717) is 17.0 Å². The molecule has 2 rings (SSSR count). The largest absolute Gasteiger partial charge is 0.271 e. The van der Waals surface area contributed by atoms with Gasteiger partial charge in [-0.1, -0.05) is 30.3 Å². The number of anilines is 1. The molecule has 0 saturated carbocycles. The lowest BCUT2D eigenvalue weighted by molar-refractivity contribution is -0.119. The van der Waals surface area contributed by atoms with Crippen molar-refractivity contribution in [3.63, 3.8) is 0 Å². The van der Waals surface area contributed by atoms with E-state index < -0.39 is 22.5 Å². The Hall–Kier alpha value is -2.74. The van der Waals surface area contributed by atoms with Crippen LogP contribution < -0.4 is 9.73 Å². The number of nitrogens with one attached hydrogen (secondary N) is 1. The highest BCUT2D eigenvalue weighted by Crippen LogP contribution is 2.21. The van der Waals surface area contributed by atoms with Crippen LogP contribution in [0.5, 0.6) is 0 Å². The van der Waals surface area contributed by atoms with Crippen LogP contribution in [0.25, 0.3) is 0 Å². The number of sulfonamides is 1. The molecule has 0 atom stereocenters. The molecular formula is C18H20FN3O3S. The molecule has 26 heavy (non-hydrogen) atoms. The van der Waals surface area contributed by atoms with Crippen molar-refractivity contribution in [1.29, 1.82) is 0 Å². The van der Waals surface area contributed by atoms with Crippen molar-refractivity contribution in [2.24, 2.45) is 5.10 Å². The second-order valence-corrected chi connectivity index (χ2v) is 7.70. The van der Waals surface area contributed by atoms with Crippen LogP contribution in [-0.2, 0) is 14.8 Å². The third kappa shape index (κ3) is 5.13. The van der Waals surface area contributed by atoms with Gasteiger partial charge in [-0.05, 0) is 43.2 Å². The highest BCUT2D eigenvalue weighted by molar-refractivity contribution is 7.92. The molecular weight excluding hydrogens is 357 g/mol. The lowest BCUT2D eigenvalue weighted by Gasteiger charge is -2.23. The maximum Gasteiger partial charge on any atom is 0.260 e. The van der Waals surface area contributed by atoms with Gasteiger partial charge in [0, 0.05) is 0 Å². The standard InChI is InChI=1S/C18H20FN3O3S/c1-13-6-4-5-7-17(13)22(26(3,24)25)12-18(23)21-20-14(2)15-8-10-16(19)11-9-15/h4-11H,12H2,1-3H3,(H,21,23)/b20-14-. The van der Waals surface area contributed by atoms with Crippen molar-refractivity contribution < 1.29 is 17.6 Å². The number of halogens is 1. The van der Waals surface area contributed by atoms with E-state index in [1.807, 2.05) is 0 Å². The zero-order chi connectivity index (χ0) is 19.3. The Bertz CT molecular complexity index is 925. The molecule has 0 aliphatic carbocycles. The number of carbonyl (C=O) groups excluding carboxylic acids is 1. The van der Waals surface area contributed by atoms with Gasteiger partial charge in [-0.15, -0.1) is 0 Å². The molecule has 138 valence electrons. The van der Waals surface area contributed by atoms with Crippen molar-refractivity contribution in [3.05, 3.63) is 65.5 Å². The normalized spacial score (nSPS) is 11.9. The van der Waals surface area contributed by atoms with E-state index in [4.69, 9.17) is 0 Å². The van der Waals surface area contributed by atoms with Crippen LogP contribution in [0.3, 0.4) is 0 Å². The van der Waals surface area contributed by atoms with Crippen LogP contribution in [0.1, 0.15) is 18.1 Å². The van der Waals surface area contributed by atoms with Crippen LogP contribution >= 0.6 is 0 Å². The zero-order valence-corrected chi connectivity index (χ0v) is 15.5. The van der Waals surface area contributed by atoms with Crippen molar-refractivity contribution in [2.45, 2.75) is 13.8 Å². The minimum Gasteiger partial charge on any atom is -0.271 e. The van der Waals surface area contributed by atoms with Gasteiger partial charge in [-0.25, -0.2) is 18.2 Å². The van der Waals surface area contributed by atoms with Crippen LogP contribution in [0.15, 0.2) is 53.6 Å². The van der Waals surface area contributed by atoms with Crippen molar-refractivity contribution in [1.82, 2.24) is 5.43 Å². The number of hydrazone groups is 1. The number of aryl methyl sites for hydroxylation is 1. The summed E-state index contributed by atoms with van der Waals surface area (Å²) in [7, 11) is -3.65. The van der Waals surface area contributed by atoms with E-state index in [1.54, 1.807) is 38.1 Å². The minimum atomic E-state index is -3.65. The molecule has 0 spiro atoms. The van der Waals surface area contributed by atoms with E-state index in [1.165, 1.54) is 24.3 Å². The summed E-state index contributed by atoms with van der Waals surface area (Å²) in [5.74, 6) is -0.951. The molecule has 0 aliphatic heterocycles. The van der Waals surface area contributed by atoms with Gasteiger partial charge in [0.05, 0.1) is 17.7 Å². The fraction of sp³-hybridized carbons (Fsp3) is 0.222. The summed E-state index contributed by atoms with van der Waals surface area (Å²) in [6.45, 7) is 3.02. The van der Waals surface area contributed by atoms with Gasteiger partial charge in [0.25, 0.3) is 5.91 Å². The first-order valence-electron chi connectivity index (χ1n) is 7.81. The highest BCUT2D eigenvalue weighted by Gasteiger charge is 2.22. The summed E-state index contributed by atoms with van der Waals surface area (Å²) in [5, 5.41) is 3.95. The van der Waals surface area contributed by atoms with Gasteiger partial charge in [0.15, 0.2) is 0 Å². The monoisotopic (exact) mass is 377 g/mol. The lowest BCUT2D eigenvalue weighted by atomic mass is 10.1. The Balaban J connectivity index is 2.14. The molecule has 1 amide bonds. The average molecular weight is 377 g/mol. The maximum atomic E-state index is 12.9. The van der Waals surface area contributed by atoms with E-state index >= 15 is 0 Å². The van der Waals surface area contributed by atoms with Gasteiger partial charge in [0.2, 0.25) is 10.0 Å². The quantitative estimate of drug-likeness (QED) is 0.620. The van der Waals surface area contributed by atoms with Gasteiger partial charge in [-0.3, -0.25) is 9.10 Å². The topological polar surface area (TPSA) is 78.8 Å². The summed E-state index contributed by atoms with van der Waals surface area (Å²) in [6.07, 6.45) is 1.04. The van der Waals surface area contributed by atoms with Crippen LogP contribution in [-0.4, -0.2) is 32.8 Å². The molecule has 2 aromatic carbocycles. The Kier molecular flexibility index (Phi) is 6.10. The summed E-state index contributed by atoms with van der Waals surface area (Å²) >= 11 is 0. The maximum absolute atomic E-state index is 12.9. The van der Waals surface area contributed by atoms with E-state index in [2.05, 4.69) is 10.5 Å². The fourth-order valence-electron chi connectivity index (χ4n) is 2.29. The lowest BCUT2D eigenvalue weighted by Crippen LogP contribution is -2.39. The van der Waals surface area contributed by atoms with Gasteiger partial charge < -0.3 is 0 Å². The first-order chi connectivity index (χ1) is 12.2. The SMILES string of the molecule is C/C(=N/NC(=O)CN(c1ccccc1C)S(C)(=O)=O)c1ccc(F)cc1. The number of benzene rings is 2. The number of amides is 1. The van der Waals surface area contributed by atoms with Crippen LogP contribution in [0.2, 0.25) is 0 Å². The molecule has 8 heteroatoms. The predicted molar refractivity (Wildman–Crippen MR) is 100 cm³/mol. The van der Waals surface area contributed by atoms with Gasteiger partial charge >= 0.3 is 0 Å². The molecule has 0 aromatic heterocycles. The molecule has 0 unspecified atom stereocenters. The van der Waals surface area contributed by atoms with E-state index in [0.717, 1.165) is 16.1 Å². The van der Waals surface area contributed by atoms with Crippen molar-refractivity contribution in [3.8, 4) is 0 Å². The fourth-order valence-corrected chi connectivity index (χ4v) is 3.21. The Morgan fingerprint density at radius 3 is 2.35 bits per heavy atom. The average Bonchev–Trinajstić information content (AvgIpc) is 2.58. The van der Waals surface area contributed by atoms with Crippen molar-refractivity contribution in [2.75, 3.05) is 17.1 Å². The number of hydrogen-bond donors (Lipinski definition) is 1. The third-order valence-corrected chi connectivity index (χ3v) is 4.81. The summed E-state index contributed by atoms with van der Waals surface area (Å²) < 4.78 is 38.1. The molecule has 2 aromatic rings. The summed E-state index contributed by atoms with van der Waals surface area (Å²) in [5.41, 5.74) is 4.62. The van der Waals surface area contributed by atoms with E-state index in [-0.39, 0.29) is 5.82 Å². The summed E-state index contributed by atoms with van der Waals surface area (Å²) in [6, 6.07) is 12.6. The number of carbonyl (C=O) groups is 1. The smallest absolute Gasteiger partial charge is 0.260 e. The third-order valence-electron chi connectivity index (χ3n) is 3.68. The van der Waals surface area contributed by atoms with Gasteiger partial charge in [-0.2, -0.15) is 5.10 Å². The highest BCUT2D eigenvalue weighted by atomic mass is 32.2. The molecule has 6 nitrogen and oxygen atoms in total. The first-order valence-corrected chi connectivity index (χ1v) is 9.65. The Morgan fingerprint density at radius 2 is 1.77 bits per heavy atom. The molecule has 0 heterocycles. The molecule has 0 aliphatic rings. The number of hydrogen-bond acceptors (Lipinski definition) is 4. The zero-order valence-electron chi connectivity index (χ0n) is 14.7. The number of rotatable bonds is 6. The minimum absolute atomic E-state index is 0.368.